The summed E-state index contributed by atoms with van der Waals surface area (Å²) >= 11 is 0. The van der Waals surface area contributed by atoms with Gasteiger partial charge in [0, 0.05) is 17.5 Å². The normalized spacial score (nSPS) is 17.1. The van der Waals surface area contributed by atoms with Gasteiger partial charge in [-0.25, -0.2) is 0 Å². The lowest BCUT2D eigenvalue weighted by molar-refractivity contribution is 0.112. The molecule has 14 heavy (non-hydrogen) atoms. The number of hydrogen-bond acceptors (Lipinski definition) is 2. The molecule has 0 spiro atoms. The highest BCUT2D eigenvalue weighted by Crippen LogP contribution is 2.27. The van der Waals surface area contributed by atoms with E-state index in [0.717, 1.165) is 24.3 Å². The zero-order valence-corrected chi connectivity index (χ0v) is 8.28. The highest BCUT2D eigenvalue weighted by molar-refractivity contribution is 5.73. The number of carbonyl (C=O) groups is 1. The molecule has 0 amide bonds. The molecule has 2 heteroatoms. The summed E-state index contributed by atoms with van der Waals surface area (Å²) in [6.45, 7) is 0. The van der Waals surface area contributed by atoms with Gasteiger partial charge in [-0.15, -0.1) is 0 Å². The molecule has 0 atom stereocenters. The topological polar surface area (TPSA) is 30.0 Å². The molecule has 0 unspecified atom stereocenters. The maximum absolute atomic E-state index is 10.4. The van der Waals surface area contributed by atoms with Gasteiger partial charge in [0.2, 0.25) is 0 Å². The first-order valence-electron chi connectivity index (χ1n) is 5.28. The van der Waals surface area contributed by atoms with Gasteiger partial charge in [0.25, 0.3) is 0 Å². The van der Waals surface area contributed by atoms with Crippen LogP contribution in [0.4, 0.5) is 0 Å². The van der Waals surface area contributed by atoms with Crippen LogP contribution < -0.4 is 0 Å². The predicted octanol–water partition coefficient (Wildman–Crippen LogP) is 2.63. The van der Waals surface area contributed by atoms with Crippen LogP contribution in [0.15, 0.2) is 18.3 Å². The first-order valence-corrected chi connectivity index (χ1v) is 5.28. The molecular weight excluding hydrogens is 174 g/mol. The van der Waals surface area contributed by atoms with E-state index < -0.39 is 0 Å². The van der Waals surface area contributed by atoms with Gasteiger partial charge in [-0.3, -0.25) is 9.78 Å². The molecule has 0 bridgehead atoms. The molecule has 0 aromatic carbocycles. The van der Waals surface area contributed by atoms with E-state index in [0.29, 0.717) is 5.56 Å². The van der Waals surface area contributed by atoms with Crippen molar-refractivity contribution in [1.29, 1.82) is 0 Å². The van der Waals surface area contributed by atoms with Crippen LogP contribution >= 0.6 is 0 Å². The first kappa shape index (κ1) is 9.38. The van der Waals surface area contributed by atoms with Crippen LogP contribution in [0.25, 0.3) is 0 Å². The second kappa shape index (κ2) is 4.36. The van der Waals surface area contributed by atoms with Gasteiger partial charge in [0.05, 0.1) is 0 Å². The Kier molecular flexibility index (Phi) is 2.92. The average Bonchev–Trinajstić information content (AvgIpc) is 2.72. The van der Waals surface area contributed by atoms with Crippen molar-refractivity contribution in [2.45, 2.75) is 32.1 Å². The van der Waals surface area contributed by atoms with E-state index >= 15 is 0 Å². The molecule has 1 aromatic heterocycles. The van der Waals surface area contributed by atoms with Gasteiger partial charge >= 0.3 is 0 Å². The molecule has 2 nitrogen and oxygen atoms in total. The maximum Gasteiger partial charge on any atom is 0.151 e. The lowest BCUT2D eigenvalue weighted by atomic mass is 10.0. The van der Waals surface area contributed by atoms with E-state index in [4.69, 9.17) is 0 Å². The van der Waals surface area contributed by atoms with E-state index in [1.165, 1.54) is 25.7 Å². The van der Waals surface area contributed by atoms with Crippen LogP contribution in [0.2, 0.25) is 0 Å². The van der Waals surface area contributed by atoms with Crippen LogP contribution in [0.1, 0.15) is 41.7 Å². The average molecular weight is 189 g/mol. The van der Waals surface area contributed by atoms with Crippen LogP contribution in [-0.4, -0.2) is 11.3 Å². The van der Waals surface area contributed by atoms with E-state index in [1.54, 1.807) is 6.20 Å². The van der Waals surface area contributed by atoms with Crippen molar-refractivity contribution in [1.82, 2.24) is 4.98 Å². The number of aromatic nitrogens is 1. The van der Waals surface area contributed by atoms with E-state index in [-0.39, 0.29) is 0 Å². The quantitative estimate of drug-likeness (QED) is 0.684. The predicted molar refractivity (Wildman–Crippen MR) is 55.3 cm³/mol. The fraction of sp³-hybridized carbons (Fsp3) is 0.500. The minimum atomic E-state index is 0.667. The largest absolute Gasteiger partial charge is 0.298 e. The highest BCUT2D eigenvalue weighted by atomic mass is 16.1. The van der Waals surface area contributed by atoms with Gasteiger partial charge in [0.1, 0.15) is 0 Å². The maximum atomic E-state index is 10.4. The third-order valence-corrected chi connectivity index (χ3v) is 2.96. The lowest BCUT2D eigenvalue weighted by Gasteiger charge is -2.07. The molecule has 74 valence electrons. The summed E-state index contributed by atoms with van der Waals surface area (Å²) in [4.78, 5) is 14.7. The number of hydrogen-bond donors (Lipinski definition) is 0. The Morgan fingerprint density at radius 1 is 1.36 bits per heavy atom. The van der Waals surface area contributed by atoms with E-state index in [9.17, 15) is 4.79 Å². The Labute approximate surface area is 84.4 Å². The number of rotatable bonds is 3. The fourth-order valence-electron chi connectivity index (χ4n) is 2.14. The molecule has 0 N–H and O–H groups in total. The van der Waals surface area contributed by atoms with Crippen LogP contribution in [0, 0.1) is 5.92 Å². The molecule has 1 saturated carbocycles. The molecule has 0 saturated heterocycles. The minimum Gasteiger partial charge on any atom is -0.298 e. The van der Waals surface area contributed by atoms with Crippen molar-refractivity contribution in [2.75, 3.05) is 0 Å². The standard InChI is InChI=1S/C12H15NO/c14-9-11-5-6-12(13-8-11)7-10-3-1-2-4-10/h5-6,8-10H,1-4,7H2. The van der Waals surface area contributed by atoms with Crippen molar-refractivity contribution >= 4 is 6.29 Å². The Morgan fingerprint density at radius 3 is 2.71 bits per heavy atom. The smallest absolute Gasteiger partial charge is 0.151 e. The van der Waals surface area contributed by atoms with Crippen LogP contribution in [0.3, 0.4) is 0 Å². The van der Waals surface area contributed by atoms with Crippen LogP contribution in [-0.2, 0) is 6.42 Å². The third-order valence-electron chi connectivity index (χ3n) is 2.96. The van der Waals surface area contributed by atoms with Crippen molar-refractivity contribution < 1.29 is 4.79 Å². The molecule has 1 aromatic rings. The van der Waals surface area contributed by atoms with Crippen molar-refractivity contribution in [3.63, 3.8) is 0 Å². The number of carbonyl (C=O) groups excluding carboxylic acids is 1. The zero-order valence-electron chi connectivity index (χ0n) is 8.28. The molecule has 0 radical (unpaired) electrons. The van der Waals surface area contributed by atoms with Crippen LogP contribution in [0.5, 0.6) is 0 Å². The number of pyridine rings is 1. The molecule has 1 heterocycles. The lowest BCUT2D eigenvalue weighted by Crippen LogP contribution is -2.01. The summed E-state index contributed by atoms with van der Waals surface area (Å²) in [5.74, 6) is 0.824. The molecule has 1 aliphatic carbocycles. The molecule has 0 aliphatic heterocycles. The fourth-order valence-corrected chi connectivity index (χ4v) is 2.14. The van der Waals surface area contributed by atoms with E-state index in [2.05, 4.69) is 4.98 Å². The summed E-state index contributed by atoms with van der Waals surface area (Å²) in [5, 5.41) is 0. The molecule has 1 fully saturated rings. The Hall–Kier alpha value is -1.18. The summed E-state index contributed by atoms with van der Waals surface area (Å²) in [7, 11) is 0. The SMILES string of the molecule is O=Cc1ccc(CC2CCCC2)nc1. The van der Waals surface area contributed by atoms with Gasteiger partial charge in [0.15, 0.2) is 6.29 Å². The van der Waals surface area contributed by atoms with Crippen molar-refractivity contribution in [2.24, 2.45) is 5.92 Å². The van der Waals surface area contributed by atoms with Gasteiger partial charge in [-0.2, -0.15) is 0 Å². The summed E-state index contributed by atoms with van der Waals surface area (Å²) in [6.07, 6.45) is 9.02. The summed E-state index contributed by atoms with van der Waals surface area (Å²) in [6, 6.07) is 3.83. The summed E-state index contributed by atoms with van der Waals surface area (Å²) < 4.78 is 0. The second-order valence-electron chi connectivity index (χ2n) is 4.06. The van der Waals surface area contributed by atoms with Crippen molar-refractivity contribution in [3.8, 4) is 0 Å². The third kappa shape index (κ3) is 2.19. The van der Waals surface area contributed by atoms with E-state index in [1.807, 2.05) is 12.1 Å². The van der Waals surface area contributed by atoms with Gasteiger partial charge in [-0.05, 0) is 24.5 Å². The minimum absolute atomic E-state index is 0.667. The molecule has 2 rings (SSSR count). The second-order valence-corrected chi connectivity index (χ2v) is 4.06. The first-order chi connectivity index (χ1) is 6.88. The monoisotopic (exact) mass is 189 g/mol. The Bertz CT molecular complexity index is 299. The summed E-state index contributed by atoms with van der Waals surface area (Å²) in [5.41, 5.74) is 1.79. The van der Waals surface area contributed by atoms with Gasteiger partial charge in [-0.1, -0.05) is 25.7 Å². The number of nitrogens with zero attached hydrogens (tertiary/aromatic N) is 1. The Balaban J connectivity index is 1.98. The molecular formula is C12H15NO. The van der Waals surface area contributed by atoms with Crippen molar-refractivity contribution in [3.05, 3.63) is 29.6 Å². The van der Waals surface area contributed by atoms with Gasteiger partial charge < -0.3 is 0 Å². The highest BCUT2D eigenvalue weighted by Gasteiger charge is 2.15. The zero-order chi connectivity index (χ0) is 9.80. The Morgan fingerprint density at radius 2 is 2.14 bits per heavy atom. The number of aldehydes is 1. The molecule has 1 aliphatic rings.